The molecule has 0 radical (unpaired) electrons. The molecule has 0 bridgehead atoms. The number of amides is 1. The Labute approximate surface area is 118 Å². The molecule has 0 saturated carbocycles. The Balaban J connectivity index is 2.61. The highest BCUT2D eigenvalue weighted by molar-refractivity contribution is 5.82. The van der Waals surface area contributed by atoms with E-state index in [4.69, 9.17) is 9.52 Å². The van der Waals surface area contributed by atoms with Crippen molar-refractivity contribution in [1.29, 1.82) is 0 Å². The summed E-state index contributed by atoms with van der Waals surface area (Å²) in [6, 6.07) is 2.65. The Hall–Kier alpha value is -2.03. The minimum Gasteiger partial charge on any atom is -0.480 e. The third-order valence-electron chi connectivity index (χ3n) is 2.94. The molecule has 9 heteroatoms. The highest BCUT2D eigenvalue weighted by Crippen LogP contribution is 2.30. The number of aliphatic carboxylic acids is 1. The van der Waals surface area contributed by atoms with Crippen LogP contribution in [0.5, 0.6) is 0 Å². The third-order valence-corrected chi connectivity index (χ3v) is 2.94. The molecule has 0 aliphatic rings. The molecular weight excluding hydrogens is 293 g/mol. The van der Waals surface area contributed by atoms with E-state index in [-0.39, 0.29) is 0 Å². The van der Waals surface area contributed by atoms with Gasteiger partial charge >= 0.3 is 12.1 Å². The van der Waals surface area contributed by atoms with Crippen molar-refractivity contribution in [3.05, 3.63) is 24.2 Å². The number of rotatable bonds is 6. The minimum absolute atomic E-state index is 0.431. The summed E-state index contributed by atoms with van der Waals surface area (Å²) in [6.07, 6.45) is -3.65. The Bertz CT molecular complexity index is 501. The molecule has 21 heavy (non-hydrogen) atoms. The highest BCUT2D eigenvalue weighted by atomic mass is 19.4. The lowest BCUT2D eigenvalue weighted by Crippen LogP contribution is -2.61. The highest BCUT2D eigenvalue weighted by Gasteiger charge is 2.57. The van der Waals surface area contributed by atoms with Crippen molar-refractivity contribution in [3.63, 3.8) is 0 Å². The van der Waals surface area contributed by atoms with Gasteiger partial charge in [0, 0.05) is 0 Å². The number of nitrogens with one attached hydrogen (secondary N) is 2. The van der Waals surface area contributed by atoms with Crippen LogP contribution < -0.4 is 10.6 Å². The number of halogens is 3. The number of hydrogen-bond donors (Lipinski definition) is 3. The van der Waals surface area contributed by atoms with E-state index < -0.39 is 36.2 Å². The molecule has 118 valence electrons. The Morgan fingerprint density at radius 3 is 2.48 bits per heavy atom. The van der Waals surface area contributed by atoms with Crippen LogP contribution in [0.15, 0.2) is 22.8 Å². The zero-order chi connectivity index (χ0) is 16.3. The lowest BCUT2D eigenvalue weighted by atomic mass is 10.0. The van der Waals surface area contributed by atoms with Crippen LogP contribution >= 0.6 is 0 Å². The minimum atomic E-state index is -5.04. The van der Waals surface area contributed by atoms with Crippen molar-refractivity contribution in [3.8, 4) is 0 Å². The first-order valence-electron chi connectivity index (χ1n) is 5.96. The number of hydrogen-bond acceptors (Lipinski definition) is 4. The Kier molecular flexibility index (Phi) is 5.00. The van der Waals surface area contributed by atoms with Crippen LogP contribution in [0.1, 0.15) is 25.6 Å². The van der Waals surface area contributed by atoms with Crippen molar-refractivity contribution in [2.24, 2.45) is 0 Å². The topological polar surface area (TPSA) is 91.6 Å². The molecule has 1 aromatic rings. The first kappa shape index (κ1) is 17.0. The van der Waals surface area contributed by atoms with Crippen molar-refractivity contribution in [2.45, 2.75) is 31.6 Å². The molecule has 0 aliphatic carbocycles. The monoisotopic (exact) mass is 308 g/mol. The molecule has 0 aliphatic heterocycles. The van der Waals surface area contributed by atoms with Crippen molar-refractivity contribution >= 4 is 11.9 Å². The van der Waals surface area contributed by atoms with Gasteiger partial charge in [-0.05, 0) is 26.0 Å². The second-order valence-electron chi connectivity index (χ2n) is 4.59. The summed E-state index contributed by atoms with van der Waals surface area (Å²) in [4.78, 5) is 22.3. The summed E-state index contributed by atoms with van der Waals surface area (Å²) < 4.78 is 43.1. The number of furan rings is 1. The average molecular weight is 308 g/mol. The molecule has 0 saturated heterocycles. The number of carboxylic acid groups (broad SMARTS) is 1. The van der Waals surface area contributed by atoms with Crippen molar-refractivity contribution in [2.75, 3.05) is 6.54 Å². The van der Waals surface area contributed by atoms with Gasteiger partial charge in [0.1, 0.15) is 5.76 Å². The number of alkyl halides is 3. The SMILES string of the molecule is CC(NC(=O)CNC(C)(C(=O)O)C(F)(F)F)c1ccco1. The largest absolute Gasteiger partial charge is 0.480 e. The zero-order valence-electron chi connectivity index (χ0n) is 11.3. The maximum absolute atomic E-state index is 12.7. The maximum atomic E-state index is 12.7. The van der Waals surface area contributed by atoms with Gasteiger partial charge in [0.15, 0.2) is 0 Å². The van der Waals surface area contributed by atoms with Gasteiger partial charge in [-0.3, -0.25) is 10.1 Å². The number of carboxylic acids is 1. The second kappa shape index (κ2) is 6.17. The molecule has 3 N–H and O–H groups in total. The van der Waals surface area contributed by atoms with Gasteiger partial charge in [-0.15, -0.1) is 0 Å². The predicted octanol–water partition coefficient (Wildman–Crippen LogP) is 1.45. The van der Waals surface area contributed by atoms with Crippen LogP contribution in [-0.2, 0) is 9.59 Å². The normalized spacial score (nSPS) is 16.0. The van der Waals surface area contributed by atoms with Crippen LogP contribution in [0, 0.1) is 0 Å². The van der Waals surface area contributed by atoms with E-state index in [1.807, 2.05) is 0 Å². The molecule has 1 aromatic heterocycles. The fourth-order valence-electron chi connectivity index (χ4n) is 1.46. The van der Waals surface area contributed by atoms with Gasteiger partial charge in [0.05, 0.1) is 18.8 Å². The van der Waals surface area contributed by atoms with E-state index in [2.05, 4.69) is 5.32 Å². The molecule has 0 fully saturated rings. The molecule has 6 nitrogen and oxygen atoms in total. The van der Waals surface area contributed by atoms with Crippen LogP contribution in [0.25, 0.3) is 0 Å². The molecule has 2 unspecified atom stereocenters. The average Bonchev–Trinajstić information content (AvgIpc) is 2.87. The van der Waals surface area contributed by atoms with E-state index in [0.29, 0.717) is 12.7 Å². The van der Waals surface area contributed by atoms with Gasteiger partial charge < -0.3 is 14.8 Å². The lowest BCUT2D eigenvalue weighted by molar-refractivity contribution is -0.205. The van der Waals surface area contributed by atoms with E-state index >= 15 is 0 Å². The quantitative estimate of drug-likeness (QED) is 0.740. The van der Waals surface area contributed by atoms with E-state index in [1.165, 1.54) is 6.26 Å². The number of carbonyl (C=O) groups is 2. The molecule has 1 rings (SSSR count). The summed E-state index contributed by atoms with van der Waals surface area (Å²) >= 11 is 0. The summed E-state index contributed by atoms with van der Waals surface area (Å²) in [5, 5.41) is 12.8. The molecule has 0 aromatic carbocycles. The first-order valence-corrected chi connectivity index (χ1v) is 5.96. The van der Waals surface area contributed by atoms with Gasteiger partial charge in [-0.1, -0.05) is 0 Å². The predicted molar refractivity (Wildman–Crippen MR) is 65.4 cm³/mol. The van der Waals surface area contributed by atoms with Crippen molar-refractivity contribution < 1.29 is 32.3 Å². The van der Waals surface area contributed by atoms with Crippen LogP contribution in [-0.4, -0.2) is 35.2 Å². The Morgan fingerprint density at radius 1 is 1.43 bits per heavy atom. The zero-order valence-corrected chi connectivity index (χ0v) is 11.3. The maximum Gasteiger partial charge on any atom is 0.417 e. The first-order chi connectivity index (χ1) is 9.58. The van der Waals surface area contributed by atoms with Gasteiger partial charge in [-0.25, -0.2) is 4.79 Å². The van der Waals surface area contributed by atoms with Gasteiger partial charge in [0.2, 0.25) is 11.4 Å². The molecule has 1 amide bonds. The van der Waals surface area contributed by atoms with E-state index in [0.717, 1.165) is 0 Å². The van der Waals surface area contributed by atoms with E-state index in [9.17, 15) is 22.8 Å². The summed E-state index contributed by atoms with van der Waals surface area (Å²) in [6.45, 7) is 1.24. The lowest BCUT2D eigenvalue weighted by Gasteiger charge is -2.28. The molecular formula is C12H15F3N2O4. The van der Waals surface area contributed by atoms with Crippen LogP contribution in [0.2, 0.25) is 0 Å². The van der Waals surface area contributed by atoms with Crippen LogP contribution in [0.4, 0.5) is 13.2 Å². The smallest absolute Gasteiger partial charge is 0.417 e. The molecule has 2 atom stereocenters. The standard InChI is InChI=1S/C12H15F3N2O4/c1-7(8-4-3-5-21-8)17-9(18)6-16-11(2,10(19)20)12(13,14)15/h3-5,7,16H,6H2,1-2H3,(H,17,18)(H,19,20). The molecule has 0 spiro atoms. The van der Waals surface area contributed by atoms with Crippen LogP contribution in [0.3, 0.4) is 0 Å². The second-order valence-corrected chi connectivity index (χ2v) is 4.59. The summed E-state index contributed by atoms with van der Waals surface area (Å²) in [7, 11) is 0. The van der Waals surface area contributed by atoms with E-state index in [1.54, 1.807) is 24.4 Å². The number of carbonyl (C=O) groups excluding carboxylic acids is 1. The summed E-state index contributed by atoms with van der Waals surface area (Å²) in [5.41, 5.74) is -3.20. The van der Waals surface area contributed by atoms with Gasteiger partial charge in [-0.2, -0.15) is 13.2 Å². The fourth-order valence-corrected chi connectivity index (χ4v) is 1.46. The molecule has 1 heterocycles. The van der Waals surface area contributed by atoms with Gasteiger partial charge in [0.25, 0.3) is 0 Å². The third kappa shape index (κ3) is 3.97. The Morgan fingerprint density at radius 2 is 2.05 bits per heavy atom. The fraction of sp³-hybridized carbons (Fsp3) is 0.500. The summed E-state index contributed by atoms with van der Waals surface area (Å²) in [5.74, 6) is -2.46. The van der Waals surface area contributed by atoms with Crippen molar-refractivity contribution in [1.82, 2.24) is 10.6 Å².